The third-order valence-electron chi connectivity index (χ3n) is 6.91. The van der Waals surface area contributed by atoms with Crippen LogP contribution in [0.4, 0.5) is 18.9 Å². The van der Waals surface area contributed by atoms with Crippen LogP contribution in [0.15, 0.2) is 60.0 Å². The van der Waals surface area contributed by atoms with Gasteiger partial charge in [-0.2, -0.15) is 18.3 Å². The van der Waals surface area contributed by atoms with Gasteiger partial charge < -0.3 is 10.2 Å². The summed E-state index contributed by atoms with van der Waals surface area (Å²) >= 11 is 1.56. The second-order valence-electron chi connectivity index (χ2n) is 9.45. The quantitative estimate of drug-likeness (QED) is 0.342. The number of hydrogen-bond donors (Lipinski definition) is 1. The minimum absolute atomic E-state index is 0.178. The van der Waals surface area contributed by atoms with E-state index in [2.05, 4.69) is 10.4 Å². The molecule has 4 aromatic rings. The minimum Gasteiger partial charge on any atom is -0.342 e. The number of amides is 2. The average Bonchev–Trinajstić information content (AvgIpc) is 3.50. The minimum atomic E-state index is -4.58. The molecule has 0 saturated carbocycles. The Bertz CT molecular complexity index is 1460. The highest BCUT2D eigenvalue weighted by Gasteiger charge is 2.39. The largest absolute Gasteiger partial charge is 0.435 e. The number of likely N-dealkylation sites (N-methyl/N-ethyl adjacent to an activating group) is 1. The molecule has 6 nitrogen and oxygen atoms in total. The Morgan fingerprint density at radius 1 is 1.08 bits per heavy atom. The molecule has 2 aromatic heterocycles. The summed E-state index contributed by atoms with van der Waals surface area (Å²) in [4.78, 5) is 28.3. The van der Waals surface area contributed by atoms with E-state index in [0.29, 0.717) is 30.6 Å². The van der Waals surface area contributed by atoms with Crippen molar-refractivity contribution in [1.29, 1.82) is 0 Å². The average molecular weight is 541 g/mol. The highest BCUT2D eigenvalue weighted by molar-refractivity contribution is 7.17. The van der Waals surface area contributed by atoms with E-state index in [0.717, 1.165) is 26.8 Å². The number of nitrogens with one attached hydrogen (secondary N) is 1. The topological polar surface area (TPSA) is 67.2 Å². The smallest absolute Gasteiger partial charge is 0.342 e. The van der Waals surface area contributed by atoms with E-state index in [1.807, 2.05) is 47.8 Å². The fourth-order valence-corrected chi connectivity index (χ4v) is 6.00. The lowest BCUT2D eigenvalue weighted by Crippen LogP contribution is -2.49. The molecule has 10 heteroatoms. The molecule has 0 unspecified atom stereocenters. The Morgan fingerprint density at radius 3 is 2.55 bits per heavy atom. The zero-order valence-electron chi connectivity index (χ0n) is 20.8. The molecule has 1 aliphatic rings. The van der Waals surface area contributed by atoms with E-state index >= 15 is 0 Å². The molecule has 0 bridgehead atoms. The predicted molar refractivity (Wildman–Crippen MR) is 141 cm³/mol. The van der Waals surface area contributed by atoms with Crippen molar-refractivity contribution >= 4 is 38.9 Å². The van der Waals surface area contributed by atoms with Gasteiger partial charge in [0.15, 0.2) is 5.69 Å². The number of para-hydroxylation sites is 1. The number of carbonyl (C=O) groups excluding carboxylic acids is 2. The van der Waals surface area contributed by atoms with Gasteiger partial charge in [-0.05, 0) is 60.2 Å². The number of benzene rings is 2. The van der Waals surface area contributed by atoms with Crippen LogP contribution in [0.1, 0.15) is 35.4 Å². The number of fused-ring (bicyclic) bond motifs is 2. The summed E-state index contributed by atoms with van der Waals surface area (Å²) in [7, 11) is 1.64. The van der Waals surface area contributed by atoms with E-state index in [1.54, 1.807) is 30.5 Å². The van der Waals surface area contributed by atoms with Crippen molar-refractivity contribution in [1.82, 2.24) is 15.1 Å². The number of alkyl halides is 3. The number of hydrogen-bond acceptors (Lipinski definition) is 4. The summed E-state index contributed by atoms with van der Waals surface area (Å²) in [5, 5.41) is 9.57. The van der Waals surface area contributed by atoms with Crippen LogP contribution in [0.2, 0.25) is 0 Å². The van der Waals surface area contributed by atoms with Gasteiger partial charge in [-0.15, -0.1) is 11.3 Å². The van der Waals surface area contributed by atoms with E-state index < -0.39 is 23.8 Å². The van der Waals surface area contributed by atoms with Crippen LogP contribution in [0, 0.1) is 0 Å². The summed E-state index contributed by atoms with van der Waals surface area (Å²) in [5.74, 6) is -0.882. The van der Waals surface area contributed by atoms with Gasteiger partial charge in [0.1, 0.15) is 12.6 Å². The molecule has 5 rings (SSSR count). The summed E-state index contributed by atoms with van der Waals surface area (Å²) in [5.41, 5.74) is 1.30. The summed E-state index contributed by atoms with van der Waals surface area (Å²) < 4.78 is 43.0. The SMILES string of the molecule is CN(C(=O)[C@H](Cc1csc2ccccc12)NC(=O)Cn1nc(C(F)(F)F)c2c1CCCC2)c1ccccc1. The van der Waals surface area contributed by atoms with Crippen molar-refractivity contribution in [2.45, 2.75) is 50.9 Å². The van der Waals surface area contributed by atoms with Crippen molar-refractivity contribution in [2.75, 3.05) is 11.9 Å². The lowest BCUT2D eigenvalue weighted by molar-refractivity contribution is -0.142. The molecule has 0 spiro atoms. The second kappa shape index (κ2) is 10.6. The lowest BCUT2D eigenvalue weighted by Gasteiger charge is -2.25. The highest BCUT2D eigenvalue weighted by Crippen LogP contribution is 2.36. The van der Waals surface area contributed by atoms with Gasteiger partial charge in [0.05, 0.1) is 0 Å². The number of thiophene rings is 1. The number of rotatable bonds is 7. The maximum atomic E-state index is 13.6. The van der Waals surface area contributed by atoms with E-state index in [4.69, 9.17) is 0 Å². The highest BCUT2D eigenvalue weighted by atomic mass is 32.1. The van der Waals surface area contributed by atoms with Crippen molar-refractivity contribution in [3.05, 3.63) is 82.5 Å². The molecule has 2 amide bonds. The molecule has 1 atom stereocenters. The van der Waals surface area contributed by atoms with Crippen LogP contribution >= 0.6 is 11.3 Å². The monoisotopic (exact) mass is 540 g/mol. The number of halogens is 3. The molecule has 38 heavy (non-hydrogen) atoms. The van der Waals surface area contributed by atoms with Crippen LogP contribution in [0.3, 0.4) is 0 Å². The van der Waals surface area contributed by atoms with Crippen molar-refractivity contribution in [2.24, 2.45) is 0 Å². The number of carbonyl (C=O) groups is 2. The normalized spacial score (nSPS) is 14.2. The summed E-state index contributed by atoms with van der Waals surface area (Å²) in [6.07, 6.45) is -2.21. The lowest BCUT2D eigenvalue weighted by atomic mass is 9.95. The van der Waals surface area contributed by atoms with Gasteiger partial charge in [0.2, 0.25) is 11.8 Å². The first-order valence-electron chi connectivity index (χ1n) is 12.4. The number of nitrogens with zero attached hydrogens (tertiary/aromatic N) is 3. The molecular formula is C28H27F3N4O2S. The van der Waals surface area contributed by atoms with Crippen LogP contribution in [0.5, 0.6) is 0 Å². The van der Waals surface area contributed by atoms with Crippen molar-refractivity contribution < 1.29 is 22.8 Å². The Balaban J connectivity index is 1.41. The molecular weight excluding hydrogens is 513 g/mol. The Labute approximate surface area is 222 Å². The fraction of sp³-hybridized carbons (Fsp3) is 0.321. The third-order valence-corrected chi connectivity index (χ3v) is 7.92. The Hall–Kier alpha value is -3.66. The molecule has 0 radical (unpaired) electrons. The zero-order valence-corrected chi connectivity index (χ0v) is 21.6. The van der Waals surface area contributed by atoms with E-state index in [9.17, 15) is 22.8 Å². The fourth-order valence-electron chi connectivity index (χ4n) is 5.03. The first-order chi connectivity index (χ1) is 18.2. The molecule has 198 valence electrons. The van der Waals surface area contributed by atoms with E-state index in [1.165, 1.54) is 4.90 Å². The molecule has 2 aromatic carbocycles. The standard InChI is InChI=1S/C28H27F3N4O2S/c1-34(19-9-3-2-4-10-19)27(37)22(15-18-17-38-24-14-8-6-11-20(18)24)32-25(36)16-35-23-13-7-5-12-21(23)26(33-35)28(29,30)31/h2-4,6,8-11,14,17,22H,5,7,12-13,15-16H2,1H3,(H,32,36)/t22-/m0/s1. The second-order valence-corrected chi connectivity index (χ2v) is 10.4. The molecule has 1 N–H and O–H groups in total. The Morgan fingerprint density at radius 2 is 1.79 bits per heavy atom. The van der Waals surface area contributed by atoms with Crippen LogP contribution < -0.4 is 10.2 Å². The summed E-state index contributed by atoms with van der Waals surface area (Å²) in [6, 6.07) is 16.0. The molecule has 0 saturated heterocycles. The van der Waals surface area contributed by atoms with Gasteiger partial charge >= 0.3 is 6.18 Å². The summed E-state index contributed by atoms with van der Waals surface area (Å²) in [6.45, 7) is -0.387. The molecule has 0 aliphatic heterocycles. The predicted octanol–water partition coefficient (Wildman–Crippen LogP) is 5.39. The molecule has 2 heterocycles. The third kappa shape index (κ3) is 5.31. The zero-order chi connectivity index (χ0) is 26.9. The van der Waals surface area contributed by atoms with Gasteiger partial charge in [-0.1, -0.05) is 36.4 Å². The van der Waals surface area contributed by atoms with Crippen LogP contribution in [-0.4, -0.2) is 34.7 Å². The van der Waals surface area contributed by atoms with Gasteiger partial charge in [-0.25, -0.2) is 0 Å². The maximum Gasteiger partial charge on any atom is 0.435 e. The first kappa shape index (κ1) is 26.0. The molecule has 1 aliphatic carbocycles. The van der Waals surface area contributed by atoms with Crippen molar-refractivity contribution in [3.8, 4) is 0 Å². The Kier molecular flexibility index (Phi) is 7.25. The van der Waals surface area contributed by atoms with Crippen molar-refractivity contribution in [3.63, 3.8) is 0 Å². The number of aromatic nitrogens is 2. The first-order valence-corrected chi connectivity index (χ1v) is 13.3. The van der Waals surface area contributed by atoms with Crippen LogP contribution in [-0.2, 0) is 41.6 Å². The maximum absolute atomic E-state index is 13.6. The van der Waals surface area contributed by atoms with Gasteiger partial charge in [-0.3, -0.25) is 14.3 Å². The number of anilines is 1. The van der Waals surface area contributed by atoms with Gasteiger partial charge in [0, 0.05) is 35.1 Å². The van der Waals surface area contributed by atoms with Gasteiger partial charge in [0.25, 0.3) is 0 Å². The molecule has 0 fully saturated rings. The van der Waals surface area contributed by atoms with E-state index in [-0.39, 0.29) is 24.4 Å². The van der Waals surface area contributed by atoms with Crippen LogP contribution in [0.25, 0.3) is 10.1 Å².